The Morgan fingerprint density at radius 2 is 2.11 bits per heavy atom. The second-order valence-electron chi connectivity index (χ2n) is 6.56. The first-order chi connectivity index (χ1) is 13.5. The summed E-state index contributed by atoms with van der Waals surface area (Å²) in [5.41, 5.74) is 0.559. The summed E-state index contributed by atoms with van der Waals surface area (Å²) in [5, 5.41) is 16.8. The minimum atomic E-state index is -0.437. The third kappa shape index (κ3) is 3.85. The lowest BCUT2D eigenvalue weighted by Crippen LogP contribution is -2.27. The molecule has 1 fully saturated rings. The van der Waals surface area contributed by atoms with Crippen molar-refractivity contribution in [3.05, 3.63) is 63.3 Å². The van der Waals surface area contributed by atoms with Gasteiger partial charge in [0, 0.05) is 17.0 Å². The van der Waals surface area contributed by atoms with Crippen molar-refractivity contribution in [1.82, 2.24) is 9.55 Å². The number of aromatic nitrogens is 2. The minimum absolute atomic E-state index is 0.115. The lowest BCUT2D eigenvalue weighted by Gasteiger charge is -2.15. The summed E-state index contributed by atoms with van der Waals surface area (Å²) in [6.45, 7) is 0.180. The lowest BCUT2D eigenvalue weighted by atomic mass is 10.2. The van der Waals surface area contributed by atoms with Crippen LogP contribution in [0.1, 0.15) is 30.0 Å². The molecular formula is C19H14ClN5O3. The molecule has 2 aromatic rings. The largest absolute Gasteiger partial charge is 0.449 e. The molecule has 2 heterocycles. The van der Waals surface area contributed by atoms with E-state index in [4.69, 9.17) is 21.6 Å². The van der Waals surface area contributed by atoms with Crippen molar-refractivity contribution in [3.8, 4) is 17.6 Å². The first-order valence-electron chi connectivity index (χ1n) is 8.64. The highest BCUT2D eigenvalue weighted by molar-refractivity contribution is 6.30. The number of rotatable bonds is 5. The Hall–Kier alpha value is -3.31. The topological polar surface area (TPSA) is 110 Å². The quantitative estimate of drug-likeness (QED) is 0.770. The van der Waals surface area contributed by atoms with Crippen molar-refractivity contribution in [1.29, 1.82) is 5.26 Å². The summed E-state index contributed by atoms with van der Waals surface area (Å²) in [5.74, 6) is 0.164. The number of halogens is 1. The Morgan fingerprint density at radius 1 is 1.29 bits per heavy atom. The molecule has 0 bridgehead atoms. The van der Waals surface area contributed by atoms with E-state index in [-0.39, 0.29) is 23.8 Å². The maximum Gasteiger partial charge on any atom is 0.296 e. The zero-order chi connectivity index (χ0) is 19.7. The first-order valence-corrected chi connectivity index (χ1v) is 9.02. The Kier molecular flexibility index (Phi) is 4.75. The van der Waals surface area contributed by atoms with Crippen LogP contribution in [-0.4, -0.2) is 21.5 Å². The molecule has 0 radical (unpaired) electrons. The molecule has 1 aromatic heterocycles. The number of carbonyl (C=O) groups is 1. The van der Waals surface area contributed by atoms with Crippen LogP contribution in [0.3, 0.4) is 0 Å². The first kappa shape index (κ1) is 18.1. The van der Waals surface area contributed by atoms with Gasteiger partial charge in [0.1, 0.15) is 11.8 Å². The molecule has 8 nitrogen and oxygen atoms in total. The lowest BCUT2D eigenvalue weighted by molar-refractivity contribution is -0.114. The fraction of sp³-hybridized carbons (Fsp3) is 0.263. The normalized spacial score (nSPS) is 18.1. The Morgan fingerprint density at radius 3 is 2.79 bits per heavy atom. The number of azo groups is 1. The van der Waals surface area contributed by atoms with E-state index in [1.165, 1.54) is 29.1 Å². The second kappa shape index (κ2) is 7.37. The number of hydrogen-bond acceptors (Lipinski definition) is 6. The van der Waals surface area contributed by atoms with Gasteiger partial charge in [-0.15, -0.1) is 5.11 Å². The summed E-state index contributed by atoms with van der Waals surface area (Å²) >= 11 is 6.03. The van der Waals surface area contributed by atoms with Crippen LogP contribution in [0.5, 0.6) is 11.5 Å². The molecule has 2 aliphatic rings. The summed E-state index contributed by atoms with van der Waals surface area (Å²) in [7, 11) is 0. The number of carbonyl (C=O) groups excluding carboxylic acids is 1. The molecule has 1 aliphatic carbocycles. The number of nitriles is 1. The summed E-state index contributed by atoms with van der Waals surface area (Å²) in [4.78, 5) is 28.6. The van der Waals surface area contributed by atoms with Crippen molar-refractivity contribution in [2.45, 2.75) is 31.3 Å². The molecule has 9 heteroatoms. The van der Waals surface area contributed by atoms with Crippen molar-refractivity contribution < 1.29 is 9.53 Å². The fourth-order valence-corrected chi connectivity index (χ4v) is 3.08. The molecule has 1 unspecified atom stereocenters. The number of ether oxygens (including phenoxy) is 1. The van der Waals surface area contributed by atoms with Crippen LogP contribution in [0.25, 0.3) is 0 Å². The van der Waals surface area contributed by atoms with Crippen LogP contribution >= 0.6 is 11.6 Å². The monoisotopic (exact) mass is 395 g/mol. The van der Waals surface area contributed by atoms with Crippen LogP contribution < -0.4 is 10.3 Å². The van der Waals surface area contributed by atoms with Gasteiger partial charge in [0.05, 0.1) is 30.2 Å². The molecule has 1 saturated carbocycles. The van der Waals surface area contributed by atoms with Gasteiger partial charge in [0.25, 0.3) is 11.5 Å². The SMILES string of the molecule is N#Cc1cc(Cl)cc(Oc2c(C3CC3)ncn(CC3C=CC(=O)N=N3)c2=O)c1. The average molecular weight is 396 g/mol. The van der Waals surface area contributed by atoms with Gasteiger partial charge in [-0.2, -0.15) is 10.4 Å². The molecule has 1 aliphatic heterocycles. The number of amides is 1. The maximum atomic E-state index is 13.0. The van der Waals surface area contributed by atoms with Gasteiger partial charge in [-0.1, -0.05) is 17.7 Å². The van der Waals surface area contributed by atoms with Crippen molar-refractivity contribution in [2.75, 3.05) is 0 Å². The molecule has 1 atom stereocenters. The van der Waals surface area contributed by atoms with E-state index in [1.807, 2.05) is 6.07 Å². The minimum Gasteiger partial charge on any atom is -0.449 e. The smallest absolute Gasteiger partial charge is 0.296 e. The molecule has 1 aromatic carbocycles. The van der Waals surface area contributed by atoms with Crippen LogP contribution in [-0.2, 0) is 11.3 Å². The van der Waals surface area contributed by atoms with E-state index in [0.717, 1.165) is 12.8 Å². The Balaban J connectivity index is 1.69. The molecule has 0 N–H and O–H groups in total. The van der Waals surface area contributed by atoms with Crippen LogP contribution in [0.2, 0.25) is 5.02 Å². The van der Waals surface area contributed by atoms with E-state index >= 15 is 0 Å². The van der Waals surface area contributed by atoms with Gasteiger partial charge >= 0.3 is 0 Å². The Bertz CT molecular complexity index is 1100. The predicted molar refractivity (Wildman–Crippen MR) is 99.5 cm³/mol. The third-order valence-corrected chi connectivity index (χ3v) is 4.58. The highest BCUT2D eigenvalue weighted by atomic mass is 35.5. The van der Waals surface area contributed by atoms with E-state index in [0.29, 0.717) is 22.0 Å². The van der Waals surface area contributed by atoms with Gasteiger partial charge < -0.3 is 4.74 Å². The average Bonchev–Trinajstić information content (AvgIpc) is 3.51. The molecule has 140 valence electrons. The molecule has 0 spiro atoms. The third-order valence-electron chi connectivity index (χ3n) is 4.36. The van der Waals surface area contributed by atoms with E-state index in [9.17, 15) is 9.59 Å². The van der Waals surface area contributed by atoms with Gasteiger partial charge in [-0.3, -0.25) is 14.2 Å². The zero-order valence-corrected chi connectivity index (χ0v) is 15.3. The summed E-state index contributed by atoms with van der Waals surface area (Å²) in [6, 6.07) is 6.14. The van der Waals surface area contributed by atoms with E-state index in [2.05, 4.69) is 15.2 Å². The van der Waals surface area contributed by atoms with Crippen molar-refractivity contribution in [3.63, 3.8) is 0 Å². The molecule has 0 saturated heterocycles. The summed E-state index contributed by atoms with van der Waals surface area (Å²) < 4.78 is 7.23. The molecule has 4 rings (SSSR count). The standard InChI is InChI=1S/C19H14ClN5O3/c20-13-5-11(8-21)6-15(7-13)28-18-17(12-1-2-12)22-10-25(19(18)27)9-14-3-4-16(26)24-23-14/h3-7,10,12,14H,1-2,9H2. The summed E-state index contributed by atoms with van der Waals surface area (Å²) in [6.07, 6.45) is 6.25. The second-order valence-corrected chi connectivity index (χ2v) is 7.00. The number of nitrogens with zero attached hydrogens (tertiary/aromatic N) is 5. The van der Waals surface area contributed by atoms with Crippen LogP contribution in [0.4, 0.5) is 0 Å². The highest BCUT2D eigenvalue weighted by Gasteiger charge is 2.31. The van der Waals surface area contributed by atoms with Gasteiger partial charge in [-0.05, 0) is 31.0 Å². The predicted octanol–water partition coefficient (Wildman–Crippen LogP) is 3.36. The molecule has 28 heavy (non-hydrogen) atoms. The van der Waals surface area contributed by atoms with E-state index in [1.54, 1.807) is 12.1 Å². The Labute approximate surface area is 164 Å². The fourth-order valence-electron chi connectivity index (χ4n) is 2.86. The molecular weight excluding hydrogens is 382 g/mol. The highest BCUT2D eigenvalue weighted by Crippen LogP contribution is 2.42. The van der Waals surface area contributed by atoms with Crippen LogP contribution in [0, 0.1) is 11.3 Å². The van der Waals surface area contributed by atoms with Gasteiger partial charge in [-0.25, -0.2) is 4.98 Å². The van der Waals surface area contributed by atoms with E-state index < -0.39 is 11.9 Å². The van der Waals surface area contributed by atoms with Crippen molar-refractivity contribution in [2.24, 2.45) is 10.2 Å². The maximum absolute atomic E-state index is 13.0. The van der Waals surface area contributed by atoms with Crippen LogP contribution in [0.15, 0.2) is 51.7 Å². The molecule has 1 amide bonds. The van der Waals surface area contributed by atoms with Crippen molar-refractivity contribution >= 4 is 17.5 Å². The van der Waals surface area contributed by atoms with Gasteiger partial charge in [0.2, 0.25) is 5.75 Å². The number of hydrogen-bond donors (Lipinski definition) is 0. The number of benzene rings is 1. The van der Waals surface area contributed by atoms with Gasteiger partial charge in [0.15, 0.2) is 0 Å². The zero-order valence-electron chi connectivity index (χ0n) is 14.6.